The van der Waals surface area contributed by atoms with E-state index < -0.39 is 0 Å². The number of thiocarbonyl (C=S) groups is 1. The molecule has 0 aromatic carbocycles. The minimum Gasteiger partial charge on any atom is -0.429 e. The molecule has 3 nitrogen and oxygen atoms in total. The van der Waals surface area contributed by atoms with Gasteiger partial charge in [-0.3, -0.25) is 0 Å². The molecule has 3 N–H and O–H groups in total. The Balaban J connectivity index is 0. The summed E-state index contributed by atoms with van der Waals surface area (Å²) < 4.78 is 0. The van der Waals surface area contributed by atoms with Gasteiger partial charge in [-0.2, -0.15) is 0 Å². The summed E-state index contributed by atoms with van der Waals surface area (Å²) in [5.41, 5.74) is 0. The van der Waals surface area contributed by atoms with Crippen molar-refractivity contribution in [3.05, 3.63) is 0 Å². The van der Waals surface area contributed by atoms with Crippen LogP contribution in [0.5, 0.6) is 0 Å². The zero-order valence-electron chi connectivity index (χ0n) is 2.88. The zero-order chi connectivity index (χ0) is 5.41. The smallest absolute Gasteiger partial charge is 0.429 e. The maximum absolute atomic E-state index is 7.00. The molecule has 0 aliphatic rings. The van der Waals surface area contributed by atoms with Crippen LogP contribution >= 0.6 is 12.2 Å². The van der Waals surface area contributed by atoms with Gasteiger partial charge in [0.2, 0.25) is 0 Å². The quantitative estimate of drug-likeness (QED) is 0.213. The maximum Gasteiger partial charge on any atom is 0.482 e. The normalized spacial score (nSPS) is 3.67. The zero-order valence-corrected chi connectivity index (χ0v) is 3.70. The fourth-order valence-electron chi connectivity index (χ4n) is 0. The lowest BCUT2D eigenvalue weighted by molar-refractivity contribution is 0.448. The predicted molar refractivity (Wildman–Crippen MR) is 25.5 cm³/mol. The molecule has 1 radical (unpaired) electrons. The molecule has 0 heterocycles. The van der Waals surface area contributed by atoms with E-state index in [1.165, 1.54) is 0 Å². The van der Waals surface area contributed by atoms with Crippen molar-refractivity contribution in [2.45, 2.75) is 0 Å². The topological polar surface area (TPSA) is 64.3 Å². The molecule has 0 saturated heterocycles. The summed E-state index contributed by atoms with van der Waals surface area (Å²) in [6, 6.07) is 0. The van der Waals surface area contributed by atoms with Crippen LogP contribution in [0, 0.1) is 5.41 Å². The van der Waals surface area contributed by atoms with E-state index in [0.717, 1.165) is 0 Å². The summed E-state index contributed by atoms with van der Waals surface area (Å²) in [5.74, 6) is 0. The van der Waals surface area contributed by atoms with Crippen LogP contribution in [0.2, 0.25) is 0 Å². The second-order valence-corrected chi connectivity index (χ2v) is 0.422. The van der Waals surface area contributed by atoms with Gasteiger partial charge in [0.15, 0.2) is 0 Å². The highest BCUT2D eigenvalue weighted by molar-refractivity contribution is 7.78. The van der Waals surface area contributed by atoms with E-state index >= 15 is 0 Å². The van der Waals surface area contributed by atoms with E-state index in [9.17, 15) is 0 Å². The van der Waals surface area contributed by atoms with Crippen LogP contribution in [0.4, 0.5) is 0 Å². The minimum absolute atomic E-state index is 0. The van der Waals surface area contributed by atoms with Crippen LogP contribution in [0.15, 0.2) is 0 Å². The van der Waals surface area contributed by atoms with Gasteiger partial charge in [0, 0.05) is 0 Å². The number of hydrogen-bond acceptors (Lipinski definition) is 4. The summed E-state index contributed by atoms with van der Waals surface area (Å²) in [5, 5.41) is 21.4. The second-order valence-electron chi connectivity index (χ2n) is 0.218. The van der Waals surface area contributed by atoms with Crippen LogP contribution in [0.1, 0.15) is 0 Å². The van der Waals surface area contributed by atoms with E-state index in [-0.39, 0.29) is 7.69 Å². The van der Waals surface area contributed by atoms with Crippen LogP contribution in [-0.2, 0) is 0 Å². The van der Waals surface area contributed by atoms with Gasteiger partial charge in [0.25, 0.3) is 0 Å². The van der Waals surface area contributed by atoms with Crippen molar-refractivity contribution in [2.24, 2.45) is 0 Å². The van der Waals surface area contributed by atoms with Crippen LogP contribution in [0.3, 0.4) is 0 Å². The van der Waals surface area contributed by atoms with E-state index in [4.69, 9.17) is 15.5 Å². The maximum atomic E-state index is 7.00. The van der Waals surface area contributed by atoms with Gasteiger partial charge >= 0.3 is 7.69 Å². The summed E-state index contributed by atoms with van der Waals surface area (Å²) in [7, 11) is 0. The first-order chi connectivity index (χ1) is 2.83. The first-order valence-electron chi connectivity index (χ1n) is 0.971. The van der Waals surface area contributed by atoms with Gasteiger partial charge in [-0.1, -0.05) is 0 Å². The molecule has 0 spiro atoms. The average Bonchev–Trinajstić information content (AvgIpc) is 1.39. The lowest BCUT2D eigenvalue weighted by Crippen LogP contribution is -1.75. The van der Waals surface area contributed by atoms with E-state index in [0.29, 0.717) is 0 Å². The van der Waals surface area contributed by atoms with Gasteiger partial charge < -0.3 is 10.0 Å². The summed E-state index contributed by atoms with van der Waals surface area (Å²) >= 11 is 3.81. The minimum atomic E-state index is 0. The molecule has 0 aliphatic heterocycles. The molecule has 0 aromatic rings. The molecule has 0 fully saturated rings. The fraction of sp³-hybridized carbons (Fsp3) is 0. The molecular weight excluding hydrogens is 101 g/mol. The monoisotopic (exact) mass is 104 g/mol. The Morgan fingerprint density at radius 3 is 1.67 bits per heavy atom. The largest absolute Gasteiger partial charge is 0.482 e. The molecular formula is CH3BNO2S. The van der Waals surface area contributed by atoms with Gasteiger partial charge in [-0.05, 0) is 12.2 Å². The van der Waals surface area contributed by atoms with E-state index in [1.54, 1.807) is 5.16 Å². The molecule has 5 heteroatoms. The third-order valence-electron chi connectivity index (χ3n) is 0. The molecule has 0 rings (SSSR count). The van der Waals surface area contributed by atoms with Gasteiger partial charge in [-0.25, -0.2) is 5.41 Å². The highest BCUT2D eigenvalue weighted by Crippen LogP contribution is 1.16. The number of hydrogen-bond donors (Lipinski definition) is 3. The lowest BCUT2D eigenvalue weighted by atomic mass is 10.5. The van der Waals surface area contributed by atoms with Gasteiger partial charge in [-0.15, -0.1) is 0 Å². The molecule has 0 unspecified atom stereocenters. The van der Waals surface area contributed by atoms with E-state index in [2.05, 4.69) is 12.2 Å². The van der Waals surface area contributed by atoms with Crippen LogP contribution < -0.4 is 0 Å². The standard InChI is InChI=1S/CHNS.BH2O2/c2*2-1-3/h2H;2-3H. The highest BCUT2D eigenvalue weighted by atomic mass is 32.1. The second kappa shape index (κ2) is 21.5. The fourth-order valence-corrected chi connectivity index (χ4v) is 0. The Bertz CT molecular complexity index is 42.8. The van der Waals surface area contributed by atoms with E-state index in [1.807, 2.05) is 0 Å². The molecule has 0 saturated carbocycles. The summed E-state index contributed by atoms with van der Waals surface area (Å²) in [6.07, 6.45) is 0. The number of isothiocyanates is 1. The van der Waals surface area contributed by atoms with Crippen molar-refractivity contribution >= 4 is 25.1 Å². The molecule has 6 heavy (non-hydrogen) atoms. The Morgan fingerprint density at radius 2 is 1.67 bits per heavy atom. The number of nitrogens with one attached hydrogen (secondary N) is 1. The van der Waals surface area contributed by atoms with Crippen molar-refractivity contribution in [2.75, 3.05) is 0 Å². The Kier molecular flexibility index (Phi) is 33.2. The third kappa shape index (κ3) is 635. The van der Waals surface area contributed by atoms with Crippen LogP contribution in [0.25, 0.3) is 0 Å². The van der Waals surface area contributed by atoms with Crippen molar-refractivity contribution in [3.8, 4) is 0 Å². The molecule has 0 aromatic heterocycles. The number of rotatable bonds is 0. The molecule has 0 amide bonds. The first-order valence-corrected chi connectivity index (χ1v) is 1.38. The van der Waals surface area contributed by atoms with Crippen molar-refractivity contribution < 1.29 is 10.0 Å². The average molecular weight is 104 g/mol. The molecule has 0 aliphatic carbocycles. The molecule has 0 bridgehead atoms. The SMILES string of the molecule is N=C=S.O[B]O. The van der Waals surface area contributed by atoms with Gasteiger partial charge in [0.05, 0.1) is 5.16 Å². The summed E-state index contributed by atoms with van der Waals surface area (Å²) in [4.78, 5) is 0. The van der Waals surface area contributed by atoms with Crippen molar-refractivity contribution in [1.82, 2.24) is 0 Å². The molecule has 33 valence electrons. The Labute approximate surface area is 41.4 Å². The highest BCUT2D eigenvalue weighted by Gasteiger charge is 1.51. The van der Waals surface area contributed by atoms with Crippen molar-refractivity contribution in [1.29, 1.82) is 5.41 Å². The van der Waals surface area contributed by atoms with Gasteiger partial charge in [0.1, 0.15) is 0 Å². The lowest BCUT2D eigenvalue weighted by Gasteiger charge is -1.46. The Morgan fingerprint density at radius 1 is 1.67 bits per heavy atom. The molecule has 0 atom stereocenters. The summed E-state index contributed by atoms with van der Waals surface area (Å²) in [6.45, 7) is 0. The predicted octanol–water partition coefficient (Wildman–Crippen LogP) is -0.827. The van der Waals surface area contributed by atoms with Crippen molar-refractivity contribution in [3.63, 3.8) is 0 Å². The first kappa shape index (κ1) is 9.25. The third-order valence-corrected chi connectivity index (χ3v) is 0. The van der Waals surface area contributed by atoms with Crippen LogP contribution in [-0.4, -0.2) is 22.9 Å². The Hall–Kier alpha value is -0.215.